The van der Waals surface area contributed by atoms with Gasteiger partial charge in [0.1, 0.15) is 5.75 Å². The van der Waals surface area contributed by atoms with E-state index in [4.69, 9.17) is 14.2 Å². The molecule has 0 N–H and O–H groups in total. The number of carbonyl (C=O) groups is 1. The summed E-state index contributed by atoms with van der Waals surface area (Å²) in [6, 6.07) is 14.9. The van der Waals surface area contributed by atoms with Crippen molar-refractivity contribution >= 4 is 5.91 Å². The highest BCUT2D eigenvalue weighted by molar-refractivity contribution is 5.94. The molecule has 1 fully saturated rings. The van der Waals surface area contributed by atoms with Crippen molar-refractivity contribution in [1.29, 1.82) is 0 Å². The smallest absolute Gasteiger partial charge is 0.253 e. The van der Waals surface area contributed by atoms with E-state index in [9.17, 15) is 4.79 Å². The maximum atomic E-state index is 12.6. The average Bonchev–Trinajstić information content (AvgIpc) is 3.17. The Bertz CT molecular complexity index is 729. The number of carbonyl (C=O) groups excluding carboxylic acids is 1. The molecule has 1 aliphatic heterocycles. The second-order valence-corrected chi connectivity index (χ2v) is 6.42. The largest absolute Gasteiger partial charge is 0.497 e. The summed E-state index contributed by atoms with van der Waals surface area (Å²) >= 11 is 0. The fourth-order valence-corrected chi connectivity index (χ4v) is 3.24. The van der Waals surface area contributed by atoms with Gasteiger partial charge in [0.15, 0.2) is 11.5 Å². The lowest BCUT2D eigenvalue weighted by Gasteiger charge is -2.17. The molecule has 3 rings (SSSR count). The quantitative estimate of drug-likeness (QED) is 0.761. The topological polar surface area (TPSA) is 48.0 Å². The zero-order valence-electron chi connectivity index (χ0n) is 15.3. The number of nitrogens with zero attached hydrogens (tertiary/aromatic N) is 1. The molecule has 1 atom stereocenters. The van der Waals surface area contributed by atoms with Crippen molar-refractivity contribution in [2.75, 3.05) is 33.9 Å². The van der Waals surface area contributed by atoms with Gasteiger partial charge < -0.3 is 19.1 Å². The molecule has 1 saturated heterocycles. The second-order valence-electron chi connectivity index (χ2n) is 6.42. The van der Waals surface area contributed by atoms with Gasteiger partial charge in [-0.15, -0.1) is 0 Å². The standard InChI is InChI=1S/C21H25NO4/c1-24-18-9-7-17(8-10-18)21(23)22-13-11-16(15-22)12-14-26-20-6-4-3-5-19(20)25-2/h3-10,16H,11-15H2,1-2H3. The number of hydrogen-bond donors (Lipinski definition) is 0. The van der Waals surface area contributed by atoms with Crippen LogP contribution in [0.4, 0.5) is 0 Å². The molecule has 0 aliphatic carbocycles. The minimum Gasteiger partial charge on any atom is -0.497 e. The van der Waals surface area contributed by atoms with E-state index in [-0.39, 0.29) is 5.91 Å². The SMILES string of the molecule is COc1ccc(C(=O)N2CCC(CCOc3ccccc3OC)C2)cc1. The van der Waals surface area contributed by atoms with Gasteiger partial charge in [-0.1, -0.05) is 12.1 Å². The van der Waals surface area contributed by atoms with Crippen LogP contribution in [0.15, 0.2) is 48.5 Å². The third-order valence-corrected chi connectivity index (χ3v) is 4.76. The first-order valence-electron chi connectivity index (χ1n) is 8.90. The first-order chi connectivity index (χ1) is 12.7. The Labute approximate surface area is 154 Å². The second kappa shape index (κ2) is 8.61. The molecule has 2 aromatic rings. The molecule has 1 amide bonds. The highest BCUT2D eigenvalue weighted by Crippen LogP contribution is 2.27. The average molecular weight is 355 g/mol. The lowest BCUT2D eigenvalue weighted by Crippen LogP contribution is -2.28. The van der Waals surface area contributed by atoms with Gasteiger partial charge in [0, 0.05) is 18.7 Å². The minimum atomic E-state index is 0.0841. The summed E-state index contributed by atoms with van der Waals surface area (Å²) in [5, 5.41) is 0. The highest BCUT2D eigenvalue weighted by Gasteiger charge is 2.26. The predicted octanol–water partition coefficient (Wildman–Crippen LogP) is 3.64. The van der Waals surface area contributed by atoms with Gasteiger partial charge in [0.2, 0.25) is 0 Å². The monoisotopic (exact) mass is 355 g/mol. The summed E-state index contributed by atoms with van der Waals surface area (Å²) in [6.07, 6.45) is 1.93. The van der Waals surface area contributed by atoms with E-state index in [0.29, 0.717) is 18.1 Å². The Hall–Kier alpha value is -2.69. The fraction of sp³-hybridized carbons (Fsp3) is 0.381. The van der Waals surface area contributed by atoms with Crippen molar-refractivity contribution in [3.8, 4) is 17.2 Å². The highest BCUT2D eigenvalue weighted by atomic mass is 16.5. The number of amides is 1. The molecule has 138 valence electrons. The van der Waals surface area contributed by atoms with E-state index in [0.717, 1.165) is 43.2 Å². The summed E-state index contributed by atoms with van der Waals surface area (Å²) in [7, 11) is 3.26. The van der Waals surface area contributed by atoms with Crippen LogP contribution in [0.5, 0.6) is 17.2 Å². The molecule has 0 bridgehead atoms. The Morgan fingerprint density at radius 2 is 1.77 bits per heavy atom. The molecule has 26 heavy (non-hydrogen) atoms. The van der Waals surface area contributed by atoms with Crippen LogP contribution in [0.25, 0.3) is 0 Å². The number of benzene rings is 2. The molecular formula is C21H25NO4. The third-order valence-electron chi connectivity index (χ3n) is 4.76. The van der Waals surface area contributed by atoms with Gasteiger partial charge in [-0.3, -0.25) is 4.79 Å². The maximum absolute atomic E-state index is 12.6. The Kier molecular flexibility index (Phi) is 6.00. The van der Waals surface area contributed by atoms with Crippen LogP contribution in [-0.2, 0) is 0 Å². The van der Waals surface area contributed by atoms with Crippen molar-refractivity contribution in [3.05, 3.63) is 54.1 Å². The molecule has 5 nitrogen and oxygen atoms in total. The summed E-state index contributed by atoms with van der Waals surface area (Å²) in [5.41, 5.74) is 0.705. The van der Waals surface area contributed by atoms with Crippen LogP contribution >= 0.6 is 0 Å². The van der Waals surface area contributed by atoms with Gasteiger partial charge >= 0.3 is 0 Å². The first-order valence-corrected chi connectivity index (χ1v) is 8.90. The van der Waals surface area contributed by atoms with Crippen LogP contribution in [0.3, 0.4) is 0 Å². The van der Waals surface area contributed by atoms with Crippen molar-refractivity contribution in [2.24, 2.45) is 5.92 Å². The fourth-order valence-electron chi connectivity index (χ4n) is 3.24. The summed E-state index contributed by atoms with van der Waals surface area (Å²) < 4.78 is 16.3. The van der Waals surface area contributed by atoms with Gasteiger partial charge in [-0.2, -0.15) is 0 Å². The molecular weight excluding hydrogens is 330 g/mol. The lowest BCUT2D eigenvalue weighted by molar-refractivity contribution is 0.0785. The van der Waals surface area contributed by atoms with Crippen LogP contribution in [-0.4, -0.2) is 44.7 Å². The molecule has 0 aromatic heterocycles. The molecule has 1 aliphatic rings. The van der Waals surface area contributed by atoms with E-state index >= 15 is 0 Å². The van der Waals surface area contributed by atoms with Gasteiger partial charge in [0.05, 0.1) is 20.8 Å². The summed E-state index contributed by atoms with van der Waals surface area (Å²) in [5.74, 6) is 2.82. The van der Waals surface area contributed by atoms with Crippen LogP contribution in [0, 0.1) is 5.92 Å². The first kappa shape index (κ1) is 18.1. The number of likely N-dealkylation sites (tertiary alicyclic amines) is 1. The van der Waals surface area contributed by atoms with Crippen molar-refractivity contribution in [1.82, 2.24) is 4.90 Å². The van der Waals surface area contributed by atoms with Gasteiger partial charge in [-0.05, 0) is 55.2 Å². The normalized spacial score (nSPS) is 16.4. The van der Waals surface area contributed by atoms with E-state index in [1.807, 2.05) is 53.4 Å². The van der Waals surface area contributed by atoms with Crippen LogP contribution in [0.1, 0.15) is 23.2 Å². The minimum absolute atomic E-state index is 0.0841. The number of para-hydroxylation sites is 2. The zero-order valence-corrected chi connectivity index (χ0v) is 15.3. The van der Waals surface area contributed by atoms with Crippen molar-refractivity contribution in [3.63, 3.8) is 0 Å². The summed E-state index contributed by atoms with van der Waals surface area (Å²) in [4.78, 5) is 14.5. The molecule has 0 radical (unpaired) electrons. The van der Waals surface area contributed by atoms with E-state index < -0.39 is 0 Å². The van der Waals surface area contributed by atoms with E-state index in [1.165, 1.54) is 0 Å². The van der Waals surface area contributed by atoms with E-state index in [1.54, 1.807) is 14.2 Å². The van der Waals surface area contributed by atoms with Gasteiger partial charge in [-0.25, -0.2) is 0 Å². The molecule has 0 saturated carbocycles. The van der Waals surface area contributed by atoms with Gasteiger partial charge in [0.25, 0.3) is 5.91 Å². The molecule has 1 unspecified atom stereocenters. The third kappa shape index (κ3) is 4.28. The van der Waals surface area contributed by atoms with Crippen molar-refractivity contribution in [2.45, 2.75) is 12.8 Å². The molecule has 0 spiro atoms. The zero-order chi connectivity index (χ0) is 18.4. The van der Waals surface area contributed by atoms with Crippen molar-refractivity contribution < 1.29 is 19.0 Å². The molecule has 5 heteroatoms. The van der Waals surface area contributed by atoms with E-state index in [2.05, 4.69) is 0 Å². The number of methoxy groups -OCH3 is 2. The Morgan fingerprint density at radius 3 is 2.46 bits per heavy atom. The number of hydrogen-bond acceptors (Lipinski definition) is 4. The Morgan fingerprint density at radius 1 is 1.04 bits per heavy atom. The molecule has 2 aromatic carbocycles. The number of ether oxygens (including phenoxy) is 3. The van der Waals surface area contributed by atoms with Crippen LogP contribution in [0.2, 0.25) is 0 Å². The number of rotatable bonds is 7. The van der Waals surface area contributed by atoms with Crippen LogP contribution < -0.4 is 14.2 Å². The summed E-state index contributed by atoms with van der Waals surface area (Å²) in [6.45, 7) is 2.19. The maximum Gasteiger partial charge on any atom is 0.253 e. The Balaban J connectivity index is 1.48. The molecule has 1 heterocycles. The lowest BCUT2D eigenvalue weighted by atomic mass is 10.1. The predicted molar refractivity (Wildman–Crippen MR) is 100 cm³/mol.